The van der Waals surface area contributed by atoms with Crippen molar-refractivity contribution in [3.05, 3.63) is 30.3 Å². The molecule has 2 radical (unpaired) electrons. The molecule has 5 heteroatoms. The zero-order valence-corrected chi connectivity index (χ0v) is 17.3. The van der Waals surface area contributed by atoms with E-state index in [1.807, 2.05) is 18.2 Å². The Morgan fingerprint density at radius 2 is 1.71 bits per heavy atom. The molecule has 0 aliphatic rings. The summed E-state index contributed by atoms with van der Waals surface area (Å²) < 4.78 is 5.15. The Labute approximate surface area is 155 Å². The first kappa shape index (κ1) is 18.2. The average Bonchev–Trinajstić information content (AvgIpc) is 2.16. The Bertz CT molecular complexity index is 219. The van der Waals surface area contributed by atoms with E-state index in [4.69, 9.17) is 14.9 Å². The molecule has 2 N–H and O–H groups in total. The smallest absolute Gasteiger partial charge is 0.119 e. The van der Waals surface area contributed by atoms with E-state index in [2.05, 4.69) is 0 Å². The van der Waals surface area contributed by atoms with Gasteiger partial charge in [-0.3, -0.25) is 0 Å². The Morgan fingerprint density at radius 1 is 1.14 bits per heavy atom. The summed E-state index contributed by atoms with van der Waals surface area (Å²) in [5.41, 5.74) is 0. The molecular weight excluding hydrogens is 610 g/mol. The third kappa shape index (κ3) is 8.03. The molecule has 0 heterocycles. The number of aliphatic hydroxyl groups is 2. The van der Waals surface area contributed by atoms with Crippen molar-refractivity contribution in [2.75, 3.05) is 13.2 Å². The molecule has 1 aromatic carbocycles. The second kappa shape index (κ2) is 11.3. The first-order valence-electron chi connectivity index (χ1n) is 3.79. The van der Waals surface area contributed by atoms with Crippen molar-refractivity contribution >= 4 is 0 Å². The summed E-state index contributed by atoms with van der Waals surface area (Å²) in [6, 6.07) is 9.17. The topological polar surface area (TPSA) is 49.7 Å². The van der Waals surface area contributed by atoms with Crippen LogP contribution < -0.4 is 4.74 Å². The quantitative estimate of drug-likeness (QED) is 0.513. The van der Waals surface area contributed by atoms with E-state index in [9.17, 15) is 0 Å². The molecule has 0 amide bonds. The van der Waals surface area contributed by atoms with Gasteiger partial charge in [0.1, 0.15) is 18.5 Å². The molecule has 0 aliphatic heterocycles. The van der Waals surface area contributed by atoms with Crippen molar-refractivity contribution in [2.45, 2.75) is 6.10 Å². The van der Waals surface area contributed by atoms with Gasteiger partial charge in [-0.15, -0.1) is 0 Å². The number of benzene rings is 1. The van der Waals surface area contributed by atoms with Crippen LogP contribution in [0.25, 0.3) is 0 Å². The third-order valence-electron chi connectivity index (χ3n) is 1.40. The number of ether oxygens (including phenoxy) is 1. The summed E-state index contributed by atoms with van der Waals surface area (Å²) in [7, 11) is 0. The van der Waals surface area contributed by atoms with Gasteiger partial charge in [0.05, 0.1) is 6.61 Å². The maximum absolute atomic E-state index is 8.94. The Morgan fingerprint density at radius 3 is 2.21 bits per heavy atom. The van der Waals surface area contributed by atoms with Gasteiger partial charge in [0.25, 0.3) is 0 Å². The van der Waals surface area contributed by atoms with Gasteiger partial charge in [0.2, 0.25) is 0 Å². The Kier molecular flexibility index (Phi) is 14.7. The van der Waals surface area contributed by atoms with E-state index >= 15 is 0 Å². The van der Waals surface area contributed by atoms with E-state index in [1.165, 1.54) is 0 Å². The molecule has 0 saturated heterocycles. The monoisotopic (exact) mass is 622 g/mol. The fourth-order valence-electron chi connectivity index (χ4n) is 0.762. The van der Waals surface area contributed by atoms with Crippen LogP contribution in [0.5, 0.6) is 5.75 Å². The molecule has 1 unspecified atom stereocenters. The molecule has 0 aromatic heterocycles. The van der Waals surface area contributed by atoms with Gasteiger partial charge < -0.3 is 14.9 Å². The van der Waals surface area contributed by atoms with Gasteiger partial charge in [-0.1, -0.05) is 18.2 Å². The number of aliphatic hydroxyl groups excluding tert-OH is 2. The second-order valence-corrected chi connectivity index (χ2v) is 2.46. The minimum atomic E-state index is -0.801. The van der Waals surface area contributed by atoms with E-state index in [0.717, 1.165) is 0 Å². The summed E-state index contributed by atoms with van der Waals surface area (Å²) in [5.74, 6) is 0.699. The molecule has 1 rings (SSSR count). The van der Waals surface area contributed by atoms with Crippen LogP contribution in [-0.4, -0.2) is 29.5 Å². The van der Waals surface area contributed by atoms with Gasteiger partial charge >= 0.3 is 0 Å². The first-order chi connectivity index (χ1) is 5.83. The molecule has 3 nitrogen and oxygen atoms in total. The van der Waals surface area contributed by atoms with Crippen LogP contribution in [0.3, 0.4) is 0 Å². The van der Waals surface area contributed by atoms with Crippen molar-refractivity contribution in [3.63, 3.8) is 0 Å². The molecule has 0 spiro atoms. The summed E-state index contributed by atoms with van der Waals surface area (Å²) in [5, 5.41) is 17.4. The van der Waals surface area contributed by atoms with Crippen LogP contribution in [0.4, 0.5) is 0 Å². The van der Waals surface area contributed by atoms with Crippen LogP contribution in [0, 0.1) is 88.1 Å². The SMILES string of the molecule is OCC(O)COc1ccccc1.[Ac].[Ac]. The molecule has 14 heavy (non-hydrogen) atoms. The van der Waals surface area contributed by atoms with E-state index in [0.29, 0.717) is 5.75 Å². The minimum absolute atomic E-state index is 0. The van der Waals surface area contributed by atoms with Crippen LogP contribution in [-0.2, 0) is 0 Å². The van der Waals surface area contributed by atoms with Crippen molar-refractivity contribution in [3.8, 4) is 5.75 Å². The number of rotatable bonds is 4. The standard InChI is InChI=1S/C9H12O3.2Ac/c10-6-8(11)7-12-9-4-2-1-3-5-9;;/h1-5,8,10-11H,6-7H2;;. The van der Waals surface area contributed by atoms with Crippen molar-refractivity contribution in [1.29, 1.82) is 0 Å². The van der Waals surface area contributed by atoms with Crippen LogP contribution in [0.15, 0.2) is 30.3 Å². The summed E-state index contributed by atoms with van der Waals surface area (Å²) >= 11 is 0. The molecule has 0 saturated carbocycles. The number of para-hydroxylation sites is 1. The van der Waals surface area contributed by atoms with E-state index in [-0.39, 0.29) is 101 Å². The molecule has 72 valence electrons. The summed E-state index contributed by atoms with van der Waals surface area (Å²) in [4.78, 5) is 0. The third-order valence-corrected chi connectivity index (χ3v) is 1.40. The van der Waals surface area contributed by atoms with E-state index < -0.39 is 6.10 Å². The Balaban J connectivity index is 0. The fraction of sp³-hybridized carbons (Fsp3) is 0.333. The summed E-state index contributed by atoms with van der Waals surface area (Å²) in [6.07, 6.45) is -0.801. The zero-order valence-electron chi connectivity index (χ0n) is 7.84. The van der Waals surface area contributed by atoms with E-state index in [1.54, 1.807) is 12.1 Å². The van der Waals surface area contributed by atoms with Crippen LogP contribution in [0.2, 0.25) is 0 Å². The van der Waals surface area contributed by atoms with Crippen molar-refractivity contribution in [2.24, 2.45) is 0 Å². The first-order valence-corrected chi connectivity index (χ1v) is 3.79. The van der Waals surface area contributed by atoms with Gasteiger partial charge in [-0.25, -0.2) is 0 Å². The molecule has 0 bridgehead atoms. The van der Waals surface area contributed by atoms with Gasteiger partial charge in [0.15, 0.2) is 0 Å². The molecule has 1 atom stereocenters. The van der Waals surface area contributed by atoms with Crippen LogP contribution in [0.1, 0.15) is 0 Å². The number of hydrogen-bond acceptors (Lipinski definition) is 3. The predicted molar refractivity (Wildman–Crippen MR) is 45.0 cm³/mol. The second-order valence-electron chi connectivity index (χ2n) is 2.46. The molecular formula is C9H12Ac2O3. The molecule has 0 fully saturated rings. The van der Waals surface area contributed by atoms with Gasteiger partial charge in [-0.2, -0.15) is 0 Å². The van der Waals surface area contributed by atoms with Crippen molar-refractivity contribution < 1.29 is 103 Å². The summed E-state index contributed by atoms with van der Waals surface area (Å²) in [6.45, 7) is -0.145. The number of hydrogen-bond donors (Lipinski definition) is 2. The maximum Gasteiger partial charge on any atom is 0.119 e. The fourth-order valence-corrected chi connectivity index (χ4v) is 0.762. The predicted octanol–water partition coefficient (Wildman–Crippen LogP) is 0.419. The van der Waals surface area contributed by atoms with Crippen molar-refractivity contribution in [1.82, 2.24) is 0 Å². The molecule has 0 aliphatic carbocycles. The maximum atomic E-state index is 8.94. The Hall–Kier alpha value is 1.82. The molecule has 1 aromatic rings. The minimum Gasteiger partial charge on any atom is -0.491 e. The van der Waals surface area contributed by atoms with Crippen LogP contribution >= 0.6 is 0 Å². The zero-order chi connectivity index (χ0) is 8.81. The normalized spacial score (nSPS) is 10.7. The average molecular weight is 622 g/mol. The largest absolute Gasteiger partial charge is 0.491 e. The van der Waals surface area contributed by atoms with Gasteiger partial charge in [0, 0.05) is 88.1 Å². The van der Waals surface area contributed by atoms with Gasteiger partial charge in [-0.05, 0) is 12.1 Å².